The number of aryl methyl sites for hydroxylation is 1. The molecule has 0 bridgehead atoms. The Hall–Kier alpha value is -1.75. The molecule has 4 atom stereocenters. The highest BCUT2D eigenvalue weighted by molar-refractivity contribution is 7.57. The number of pyridine rings is 1. The van der Waals surface area contributed by atoms with E-state index in [0.29, 0.717) is 49.6 Å². The predicted molar refractivity (Wildman–Crippen MR) is 141 cm³/mol. The van der Waals surface area contributed by atoms with E-state index in [1.165, 1.54) is 11.3 Å². The van der Waals surface area contributed by atoms with Crippen LogP contribution in [0.2, 0.25) is 0 Å². The first-order valence-electron chi connectivity index (χ1n) is 12.3. The predicted octanol–water partition coefficient (Wildman–Crippen LogP) is 5.01. The second kappa shape index (κ2) is 12.4. The standard InChI is InChI=1S/C23H31N5O6P2S/c1-16-6-13-31-35(28-16)34-20(14-36(29)25-8-3-11-32-36)23-27-21(15-37-23)30-12-7-19-17(2)33-22(26-19)18-4-9-24-10-5-18/h4-5,9-10,15-16,20,28H,3,6-8,11-14H2,1-2H3,(H,25,29)/t16-,20?,35?,36?/m1/s1. The number of oxazole rings is 1. The van der Waals surface area contributed by atoms with Gasteiger partial charge in [0.2, 0.25) is 11.8 Å². The van der Waals surface area contributed by atoms with Gasteiger partial charge in [-0.15, -0.1) is 11.3 Å². The van der Waals surface area contributed by atoms with Gasteiger partial charge >= 0.3 is 0 Å². The van der Waals surface area contributed by atoms with E-state index in [2.05, 4.69) is 32.1 Å². The molecule has 0 aromatic carbocycles. The van der Waals surface area contributed by atoms with Gasteiger partial charge in [0.1, 0.15) is 16.9 Å². The van der Waals surface area contributed by atoms with Crippen LogP contribution in [0.15, 0.2) is 34.3 Å². The lowest BCUT2D eigenvalue weighted by Crippen LogP contribution is -2.30. The normalized spacial score (nSPS) is 25.1. The molecule has 0 saturated carbocycles. The van der Waals surface area contributed by atoms with Crippen LogP contribution < -0.4 is 14.9 Å². The van der Waals surface area contributed by atoms with E-state index in [4.69, 9.17) is 22.7 Å². The van der Waals surface area contributed by atoms with Crippen molar-refractivity contribution in [3.8, 4) is 17.3 Å². The molecule has 2 saturated heterocycles. The summed E-state index contributed by atoms with van der Waals surface area (Å²) in [5, 5.41) is 8.89. The zero-order valence-electron chi connectivity index (χ0n) is 20.8. The monoisotopic (exact) mass is 567 g/mol. The molecular formula is C23H31N5O6P2S. The van der Waals surface area contributed by atoms with Crippen molar-refractivity contribution in [2.24, 2.45) is 0 Å². The van der Waals surface area contributed by atoms with Crippen molar-refractivity contribution in [2.75, 3.05) is 32.5 Å². The van der Waals surface area contributed by atoms with Gasteiger partial charge in [-0.1, -0.05) is 0 Å². The molecule has 2 fully saturated rings. The Morgan fingerprint density at radius 3 is 2.95 bits per heavy atom. The minimum atomic E-state index is -3.04. The van der Waals surface area contributed by atoms with Gasteiger partial charge in [-0.2, -0.15) is 0 Å². The molecule has 0 radical (unpaired) electrons. The molecule has 0 amide bonds. The molecular weight excluding hydrogens is 536 g/mol. The maximum atomic E-state index is 13.3. The van der Waals surface area contributed by atoms with Crippen LogP contribution >= 0.6 is 27.4 Å². The molecule has 5 heterocycles. The number of ether oxygens (including phenoxy) is 1. The number of nitrogens with zero attached hydrogens (tertiary/aromatic N) is 3. The molecule has 5 rings (SSSR count). The van der Waals surface area contributed by atoms with Gasteiger partial charge in [-0.25, -0.2) is 20.1 Å². The average molecular weight is 568 g/mol. The molecule has 200 valence electrons. The summed E-state index contributed by atoms with van der Waals surface area (Å²) in [5.74, 6) is 1.80. The Bertz CT molecular complexity index is 1200. The van der Waals surface area contributed by atoms with Gasteiger partial charge in [-0.3, -0.25) is 9.55 Å². The maximum Gasteiger partial charge on any atom is 0.272 e. The van der Waals surface area contributed by atoms with Crippen LogP contribution in [0.25, 0.3) is 11.5 Å². The zero-order chi connectivity index (χ0) is 25.7. The van der Waals surface area contributed by atoms with Gasteiger partial charge in [0.25, 0.3) is 16.0 Å². The van der Waals surface area contributed by atoms with E-state index < -0.39 is 22.1 Å². The number of hydrogen-bond acceptors (Lipinski definition) is 11. The van der Waals surface area contributed by atoms with Gasteiger partial charge < -0.3 is 22.7 Å². The SMILES string of the molecule is Cc1oc(-c2ccncc2)nc1CCOc1csc(C(CP2(=O)NCCCO2)OP2N[C@H](C)CCO2)n1. The van der Waals surface area contributed by atoms with Gasteiger partial charge in [0, 0.05) is 37.0 Å². The van der Waals surface area contributed by atoms with Gasteiger partial charge in [-0.05, 0) is 38.8 Å². The summed E-state index contributed by atoms with van der Waals surface area (Å²) in [7, 11) is -4.37. The van der Waals surface area contributed by atoms with Crippen molar-refractivity contribution < 1.29 is 27.3 Å². The first kappa shape index (κ1) is 26.8. The third kappa shape index (κ3) is 7.22. The number of rotatable bonds is 10. The molecule has 37 heavy (non-hydrogen) atoms. The quantitative estimate of drug-likeness (QED) is 0.321. The van der Waals surface area contributed by atoms with Crippen molar-refractivity contribution in [1.29, 1.82) is 0 Å². The van der Waals surface area contributed by atoms with Crippen molar-refractivity contribution in [1.82, 2.24) is 25.1 Å². The van der Waals surface area contributed by atoms with Crippen molar-refractivity contribution in [2.45, 2.75) is 45.3 Å². The van der Waals surface area contributed by atoms with Crippen LogP contribution in [0.1, 0.15) is 42.3 Å². The average Bonchev–Trinajstić information content (AvgIpc) is 3.51. The molecule has 3 aromatic heterocycles. The molecule has 2 aliphatic heterocycles. The van der Waals surface area contributed by atoms with E-state index in [1.807, 2.05) is 24.4 Å². The smallest absolute Gasteiger partial charge is 0.272 e. The molecule has 14 heteroatoms. The molecule has 0 aliphatic carbocycles. The second-order valence-electron chi connectivity index (χ2n) is 8.83. The minimum absolute atomic E-state index is 0.175. The van der Waals surface area contributed by atoms with Gasteiger partial charge in [0.05, 0.1) is 37.1 Å². The number of hydrogen-bond donors (Lipinski definition) is 2. The molecule has 2 aliphatic rings. The highest BCUT2D eigenvalue weighted by atomic mass is 32.1. The second-order valence-corrected chi connectivity index (χ2v) is 13.3. The van der Waals surface area contributed by atoms with Crippen LogP contribution in [-0.4, -0.2) is 53.5 Å². The van der Waals surface area contributed by atoms with Crippen molar-refractivity contribution >= 4 is 27.4 Å². The molecule has 2 N–H and O–H groups in total. The summed E-state index contributed by atoms with van der Waals surface area (Å²) >= 11 is 1.41. The Kier molecular flexibility index (Phi) is 9.00. The highest BCUT2D eigenvalue weighted by Gasteiger charge is 2.35. The lowest BCUT2D eigenvalue weighted by Gasteiger charge is -2.32. The lowest BCUT2D eigenvalue weighted by molar-refractivity contribution is 0.163. The number of aromatic nitrogens is 3. The number of nitrogens with one attached hydrogen (secondary N) is 2. The fraction of sp³-hybridized carbons (Fsp3) is 0.522. The third-order valence-electron chi connectivity index (χ3n) is 5.87. The van der Waals surface area contributed by atoms with E-state index in [-0.39, 0.29) is 12.2 Å². The Balaban J connectivity index is 1.22. The summed E-state index contributed by atoms with van der Waals surface area (Å²) in [6, 6.07) is 4.01. The minimum Gasteiger partial charge on any atom is -0.477 e. The molecule has 3 unspecified atom stereocenters. The largest absolute Gasteiger partial charge is 0.477 e. The number of thiazole rings is 1. The Morgan fingerprint density at radius 2 is 2.16 bits per heavy atom. The summed E-state index contributed by atoms with van der Waals surface area (Å²) in [6.07, 6.45) is 5.35. The van der Waals surface area contributed by atoms with Crippen LogP contribution in [0, 0.1) is 6.92 Å². The zero-order valence-corrected chi connectivity index (χ0v) is 23.4. The topological polar surface area (TPSA) is 130 Å². The fourth-order valence-corrected chi connectivity index (χ4v) is 8.23. The van der Waals surface area contributed by atoms with Gasteiger partial charge in [0.15, 0.2) is 0 Å². The van der Waals surface area contributed by atoms with Crippen molar-refractivity contribution in [3.05, 3.63) is 46.4 Å². The van der Waals surface area contributed by atoms with Crippen LogP contribution in [-0.2, 0) is 24.6 Å². The summed E-state index contributed by atoms with van der Waals surface area (Å²) in [4.78, 5) is 13.3. The molecule has 11 nitrogen and oxygen atoms in total. The molecule has 3 aromatic rings. The fourth-order valence-electron chi connectivity index (χ4n) is 3.86. The molecule has 0 spiro atoms. The van der Waals surface area contributed by atoms with E-state index in [1.54, 1.807) is 12.4 Å². The van der Waals surface area contributed by atoms with Crippen LogP contribution in [0.3, 0.4) is 0 Å². The first-order chi connectivity index (χ1) is 18.0. The lowest BCUT2D eigenvalue weighted by atomic mass is 10.2. The Labute approximate surface area is 221 Å². The van der Waals surface area contributed by atoms with Crippen molar-refractivity contribution in [3.63, 3.8) is 0 Å². The van der Waals surface area contributed by atoms with E-state index >= 15 is 0 Å². The highest BCUT2D eigenvalue weighted by Crippen LogP contribution is 2.52. The van der Waals surface area contributed by atoms with E-state index in [0.717, 1.165) is 29.9 Å². The third-order valence-corrected chi connectivity index (χ3v) is 10.4. The first-order valence-corrected chi connectivity index (χ1v) is 16.1. The van der Waals surface area contributed by atoms with E-state index in [9.17, 15) is 4.57 Å². The summed E-state index contributed by atoms with van der Waals surface area (Å²) in [5.41, 5.74) is 1.71. The Morgan fingerprint density at radius 1 is 1.30 bits per heavy atom. The van der Waals surface area contributed by atoms with Crippen LogP contribution in [0.4, 0.5) is 0 Å². The summed E-state index contributed by atoms with van der Waals surface area (Å²) in [6.45, 7) is 6.11. The van der Waals surface area contributed by atoms with Crippen LogP contribution in [0.5, 0.6) is 5.88 Å². The maximum absolute atomic E-state index is 13.3. The summed E-state index contributed by atoms with van der Waals surface area (Å²) < 4.78 is 42.7.